The van der Waals surface area contributed by atoms with Gasteiger partial charge in [0.1, 0.15) is 0 Å². The van der Waals surface area contributed by atoms with Crippen molar-refractivity contribution in [2.24, 2.45) is 28.2 Å². The molecule has 0 aliphatic heterocycles. The fraction of sp³-hybridized carbons (Fsp3) is 0.400. The van der Waals surface area contributed by atoms with Crippen LogP contribution in [0.1, 0.15) is 22.8 Å². The van der Waals surface area contributed by atoms with Gasteiger partial charge in [-0.25, -0.2) is 29.5 Å². The summed E-state index contributed by atoms with van der Waals surface area (Å²) in [5, 5.41) is 29.5. The van der Waals surface area contributed by atoms with Crippen LogP contribution in [0.3, 0.4) is 0 Å². The summed E-state index contributed by atoms with van der Waals surface area (Å²) in [5.41, 5.74) is 2.35. The van der Waals surface area contributed by atoms with Gasteiger partial charge in [-0.15, -0.1) is 0 Å². The summed E-state index contributed by atoms with van der Waals surface area (Å²) < 4.78 is 4.73. The summed E-state index contributed by atoms with van der Waals surface area (Å²) in [7, 11) is 6.02. The van der Waals surface area contributed by atoms with Crippen molar-refractivity contribution in [3.05, 3.63) is 95.1 Å². The fourth-order valence-electron chi connectivity index (χ4n) is 3.06. The largest absolute Gasteiger partial charge is 2.00 e. The van der Waals surface area contributed by atoms with E-state index in [-0.39, 0.29) is 50.0 Å². The Morgan fingerprint density at radius 2 is 0.711 bits per heavy atom. The molecule has 0 fully saturated rings. The number of aryl methyl sites for hydroxylation is 6. The molecule has 25 heteroatoms. The van der Waals surface area contributed by atoms with Crippen molar-refractivity contribution >= 4 is 22.3 Å². The van der Waals surface area contributed by atoms with Gasteiger partial charge in [0.2, 0.25) is 0 Å². The van der Waals surface area contributed by atoms with Crippen LogP contribution in [-0.2, 0) is 56.2 Å². The van der Waals surface area contributed by atoms with Gasteiger partial charge in [-0.1, -0.05) is 0 Å². The number of nitrogens with zero attached hydrogens (tertiary/aromatic N) is 10. The van der Waals surface area contributed by atoms with Crippen LogP contribution in [0.5, 0.6) is 0 Å². The maximum atomic E-state index is 11.8. The first-order valence-corrected chi connectivity index (χ1v) is 10.8. The minimum Gasteiger partial charge on any atom is -0.457 e. The summed E-state index contributed by atoms with van der Waals surface area (Å²) in [6.45, 7) is 7.16. The monoisotopic (exact) mass is 701 g/mol. The van der Waals surface area contributed by atoms with Crippen molar-refractivity contribution in [1.82, 2.24) is 38.2 Å². The summed E-state index contributed by atoms with van der Waals surface area (Å²) in [4.78, 5) is 80.3. The van der Waals surface area contributed by atoms with Crippen LogP contribution >= 0.6 is 0 Å². The molecule has 24 nitrogen and oxygen atoms in total. The summed E-state index contributed by atoms with van der Waals surface area (Å²) in [5.74, 6) is 0. The predicted molar refractivity (Wildman–Crippen MR) is 157 cm³/mol. The molecule has 1 radical (unpaired) electrons. The number of rotatable bonds is 0. The quantitative estimate of drug-likeness (QED) is 0.0719. The van der Waals surface area contributed by atoms with Gasteiger partial charge in [-0.2, -0.15) is 0 Å². The third kappa shape index (κ3) is 11.8. The average molecular weight is 702 g/mol. The first kappa shape index (κ1) is 49.5. The van der Waals surface area contributed by atoms with Gasteiger partial charge in [0.15, 0.2) is 22.3 Å². The van der Waals surface area contributed by atoms with Gasteiger partial charge in [-0.05, 0) is 27.7 Å². The van der Waals surface area contributed by atoms with Crippen molar-refractivity contribution in [2.45, 2.75) is 27.7 Å². The first-order chi connectivity index (χ1) is 18.3. The van der Waals surface area contributed by atoms with E-state index in [9.17, 15) is 19.2 Å². The zero-order valence-electron chi connectivity index (χ0n) is 25.0. The molecule has 0 saturated carbocycles. The molecule has 0 unspecified atom stereocenters. The Labute approximate surface area is 260 Å². The minimum absolute atomic E-state index is 0. The second-order valence-corrected chi connectivity index (χ2v) is 7.99. The molecule has 4 aromatic heterocycles. The van der Waals surface area contributed by atoms with E-state index in [0.717, 1.165) is 20.5 Å². The summed E-state index contributed by atoms with van der Waals surface area (Å²) in [6, 6.07) is 0. The number of aromatic nitrogens is 8. The number of fused-ring (bicyclic) bond motifs is 2. The molecular formula is C20H34CuN10O14+2. The molecule has 0 spiro atoms. The molecule has 0 aliphatic carbocycles. The fourth-order valence-corrected chi connectivity index (χ4v) is 3.06. The van der Waals surface area contributed by atoms with E-state index in [4.69, 9.17) is 30.6 Å². The second-order valence-electron chi connectivity index (χ2n) is 7.99. The molecule has 257 valence electrons. The smallest absolute Gasteiger partial charge is 0.457 e. The van der Waals surface area contributed by atoms with Gasteiger partial charge >= 0.3 is 28.4 Å². The van der Waals surface area contributed by atoms with Gasteiger partial charge in [0, 0.05) is 28.2 Å². The summed E-state index contributed by atoms with van der Waals surface area (Å²) in [6.07, 6.45) is 0. The Hall–Kier alpha value is -5.20. The standard InChI is InChI=1S/2C10H12N4O2.Cu.2NO3.4H2O/c2*1-5-6(2)12-8-7(11-5)9(15)14(4)10(16)13(8)3;;2*2-1(3)4;;;;/h2*1-4H3;;;;4*1H2/q;;+2;2*-1;;;;/p+2. The van der Waals surface area contributed by atoms with Crippen molar-refractivity contribution in [3.8, 4) is 0 Å². The molecule has 4 aromatic rings. The maximum absolute atomic E-state index is 11.8. The Balaban J connectivity index is -0.000000176. The molecular weight excluding hydrogens is 668 g/mol. The van der Waals surface area contributed by atoms with Crippen LogP contribution in [0.2, 0.25) is 0 Å². The van der Waals surface area contributed by atoms with Crippen molar-refractivity contribution in [3.63, 3.8) is 0 Å². The third-order valence-corrected chi connectivity index (χ3v) is 5.37. The molecule has 0 atom stereocenters. The van der Waals surface area contributed by atoms with Crippen LogP contribution in [0, 0.1) is 58.3 Å². The number of hydrogen-bond acceptors (Lipinski definition) is 14. The van der Waals surface area contributed by atoms with Crippen molar-refractivity contribution in [2.75, 3.05) is 0 Å². The van der Waals surface area contributed by atoms with Gasteiger partial charge in [-0.3, -0.25) is 27.9 Å². The molecule has 0 saturated heterocycles. The topological polar surface area (TPSA) is 401 Å². The molecule has 10 N–H and O–H groups in total. The van der Waals surface area contributed by atoms with E-state index in [0.29, 0.717) is 22.7 Å². The summed E-state index contributed by atoms with van der Waals surface area (Å²) >= 11 is 0. The van der Waals surface area contributed by atoms with Crippen molar-refractivity contribution in [1.29, 1.82) is 0 Å². The SMILES string of the molecule is Cc1nc2c(=O)n(C)c(=O)n(C)c2nc1C.Cc1nc2c(=O)n(C)c(=O)n(C)c2nc1C.O.O.O=[N+]([O-])[O-].O=[N+]([O-])[O-].[Cu+2].[OH3+].[OH3+]. The molecule has 4 heterocycles. The molecule has 0 aliphatic rings. The van der Waals surface area contributed by atoms with Crippen LogP contribution in [0.25, 0.3) is 22.3 Å². The van der Waals surface area contributed by atoms with Crippen molar-refractivity contribution < 1.29 is 49.1 Å². The Kier molecular flexibility index (Phi) is 21.9. The van der Waals surface area contributed by atoms with Crippen LogP contribution < -0.4 is 22.5 Å². The van der Waals surface area contributed by atoms with E-state index in [1.165, 1.54) is 23.2 Å². The second kappa shape index (κ2) is 19.9. The normalized spacial score (nSPS) is 8.89. The molecule has 0 amide bonds. The Morgan fingerprint density at radius 3 is 0.933 bits per heavy atom. The van der Waals surface area contributed by atoms with E-state index in [1.807, 2.05) is 0 Å². The van der Waals surface area contributed by atoms with E-state index in [2.05, 4.69) is 19.9 Å². The molecule has 45 heavy (non-hydrogen) atoms. The van der Waals surface area contributed by atoms with E-state index in [1.54, 1.807) is 41.8 Å². The maximum Gasteiger partial charge on any atom is 2.00 e. The average Bonchev–Trinajstić information content (AvgIpc) is 2.86. The first-order valence-electron chi connectivity index (χ1n) is 10.8. The van der Waals surface area contributed by atoms with Gasteiger partial charge in [0.05, 0.1) is 32.9 Å². The van der Waals surface area contributed by atoms with Gasteiger partial charge < -0.3 is 52.5 Å². The third-order valence-electron chi connectivity index (χ3n) is 5.37. The van der Waals surface area contributed by atoms with Crippen LogP contribution in [0.15, 0.2) is 19.2 Å². The van der Waals surface area contributed by atoms with Crippen LogP contribution in [-0.4, -0.2) is 59.3 Å². The Bertz CT molecular complexity index is 1720. The molecule has 4 rings (SSSR count). The van der Waals surface area contributed by atoms with E-state index >= 15 is 0 Å². The van der Waals surface area contributed by atoms with E-state index < -0.39 is 32.7 Å². The predicted octanol–water partition coefficient (Wildman–Crippen LogP) is -4.69. The minimum atomic E-state index is -1.75. The van der Waals surface area contributed by atoms with Gasteiger partial charge in [0.25, 0.3) is 11.1 Å². The van der Waals surface area contributed by atoms with Crippen LogP contribution in [0.4, 0.5) is 0 Å². The molecule has 0 bridgehead atoms. The zero-order chi connectivity index (χ0) is 31.2. The number of hydrogen-bond donors (Lipinski definition) is 0. The molecule has 0 aromatic carbocycles. The Morgan fingerprint density at radius 1 is 0.511 bits per heavy atom. The zero-order valence-corrected chi connectivity index (χ0v) is 26.0.